The Balaban J connectivity index is 2.03. The molecule has 100 valence electrons. The van der Waals surface area contributed by atoms with Crippen LogP contribution in [0, 0.1) is 0 Å². The molecule has 6 heteroatoms. The van der Waals surface area contributed by atoms with E-state index < -0.39 is 12.2 Å². The van der Waals surface area contributed by atoms with E-state index in [0.29, 0.717) is 11.9 Å². The first-order chi connectivity index (χ1) is 8.58. The van der Waals surface area contributed by atoms with Crippen LogP contribution in [0.5, 0.6) is 0 Å². The first-order valence-corrected chi connectivity index (χ1v) is 6.18. The average Bonchev–Trinajstić information content (AvgIpc) is 2.39. The summed E-state index contributed by atoms with van der Waals surface area (Å²) in [5, 5.41) is 0. The summed E-state index contributed by atoms with van der Waals surface area (Å²) in [6, 6.07) is 2.21. The summed E-state index contributed by atoms with van der Waals surface area (Å²) >= 11 is 0. The predicted molar refractivity (Wildman–Crippen MR) is 65.9 cm³/mol. The first kappa shape index (κ1) is 13.1. The molecule has 0 amide bonds. The van der Waals surface area contributed by atoms with Crippen LogP contribution in [0.1, 0.15) is 26.1 Å². The molecular formula is C12H18F2N4. The highest BCUT2D eigenvalue weighted by Crippen LogP contribution is 2.19. The van der Waals surface area contributed by atoms with E-state index in [1.807, 2.05) is 4.90 Å². The number of anilines is 1. The van der Waals surface area contributed by atoms with Gasteiger partial charge >= 0.3 is 0 Å². The van der Waals surface area contributed by atoms with Crippen LogP contribution < -0.4 is 4.90 Å². The summed E-state index contributed by atoms with van der Waals surface area (Å²) in [7, 11) is 0. The van der Waals surface area contributed by atoms with E-state index in [-0.39, 0.29) is 0 Å². The summed E-state index contributed by atoms with van der Waals surface area (Å²) in [6.07, 6.45) is -1.21. The van der Waals surface area contributed by atoms with Gasteiger partial charge in [0.25, 0.3) is 6.43 Å². The molecule has 4 nitrogen and oxygen atoms in total. The van der Waals surface area contributed by atoms with Gasteiger partial charge in [0.2, 0.25) is 0 Å². The predicted octanol–water partition coefficient (Wildman–Crippen LogP) is 1.94. The van der Waals surface area contributed by atoms with Crippen LogP contribution in [0.15, 0.2) is 12.3 Å². The summed E-state index contributed by atoms with van der Waals surface area (Å²) in [5.74, 6) is 0.211. The molecule has 0 N–H and O–H groups in total. The monoisotopic (exact) mass is 256 g/mol. The molecule has 1 aromatic rings. The summed E-state index contributed by atoms with van der Waals surface area (Å²) in [4.78, 5) is 11.9. The van der Waals surface area contributed by atoms with Gasteiger partial charge in [0.05, 0.1) is 0 Å². The van der Waals surface area contributed by atoms with Gasteiger partial charge in [-0.15, -0.1) is 0 Å². The fraction of sp³-hybridized carbons (Fsp3) is 0.667. The molecule has 2 rings (SSSR count). The van der Waals surface area contributed by atoms with Crippen LogP contribution in [0.2, 0.25) is 0 Å². The Morgan fingerprint density at radius 3 is 2.39 bits per heavy atom. The molecule has 2 heterocycles. The maximum absolute atomic E-state index is 12.5. The number of piperazine rings is 1. The molecule has 0 radical (unpaired) electrons. The lowest BCUT2D eigenvalue weighted by Gasteiger charge is -2.37. The van der Waals surface area contributed by atoms with Crippen LogP contribution in [0.4, 0.5) is 14.6 Å². The highest BCUT2D eigenvalue weighted by molar-refractivity contribution is 5.38. The maximum Gasteiger partial charge on any atom is 0.297 e. The summed E-state index contributed by atoms with van der Waals surface area (Å²) in [6.45, 7) is 7.83. The second-order valence-corrected chi connectivity index (χ2v) is 4.69. The van der Waals surface area contributed by atoms with Crippen LogP contribution in [0.3, 0.4) is 0 Å². The van der Waals surface area contributed by atoms with E-state index in [2.05, 4.69) is 28.7 Å². The Morgan fingerprint density at radius 2 is 1.83 bits per heavy atom. The van der Waals surface area contributed by atoms with Crippen molar-refractivity contribution in [1.82, 2.24) is 14.9 Å². The smallest absolute Gasteiger partial charge is 0.297 e. The van der Waals surface area contributed by atoms with Crippen LogP contribution >= 0.6 is 0 Å². The second kappa shape index (κ2) is 5.56. The van der Waals surface area contributed by atoms with Crippen LogP contribution in [-0.2, 0) is 0 Å². The fourth-order valence-electron chi connectivity index (χ4n) is 2.11. The number of hydrogen-bond acceptors (Lipinski definition) is 4. The lowest BCUT2D eigenvalue weighted by atomic mass is 10.2. The fourth-order valence-corrected chi connectivity index (χ4v) is 2.11. The quantitative estimate of drug-likeness (QED) is 0.827. The van der Waals surface area contributed by atoms with Crippen molar-refractivity contribution in [3.8, 4) is 0 Å². The summed E-state index contributed by atoms with van der Waals surface area (Å²) in [5.41, 5.74) is 0. The van der Waals surface area contributed by atoms with Gasteiger partial charge in [-0.1, -0.05) is 0 Å². The highest BCUT2D eigenvalue weighted by Gasteiger charge is 2.21. The Hall–Kier alpha value is -1.30. The van der Waals surface area contributed by atoms with E-state index in [1.165, 1.54) is 6.20 Å². The van der Waals surface area contributed by atoms with E-state index in [1.54, 1.807) is 6.07 Å². The average molecular weight is 256 g/mol. The van der Waals surface area contributed by atoms with E-state index >= 15 is 0 Å². The molecule has 18 heavy (non-hydrogen) atoms. The molecule has 1 aliphatic rings. The number of rotatable bonds is 3. The topological polar surface area (TPSA) is 32.3 Å². The van der Waals surface area contributed by atoms with Crippen LogP contribution in [-0.4, -0.2) is 47.1 Å². The van der Waals surface area contributed by atoms with Crippen LogP contribution in [0.25, 0.3) is 0 Å². The first-order valence-electron chi connectivity index (χ1n) is 6.18. The number of halogens is 2. The minimum absolute atomic E-state index is 0.390. The van der Waals surface area contributed by atoms with E-state index in [9.17, 15) is 8.78 Å². The van der Waals surface area contributed by atoms with Gasteiger partial charge in [-0.2, -0.15) is 0 Å². The summed E-state index contributed by atoms with van der Waals surface area (Å²) < 4.78 is 25.1. The van der Waals surface area contributed by atoms with E-state index in [4.69, 9.17) is 0 Å². The second-order valence-electron chi connectivity index (χ2n) is 4.69. The molecule has 0 saturated carbocycles. The molecule has 0 aromatic carbocycles. The van der Waals surface area contributed by atoms with Crippen molar-refractivity contribution in [3.05, 3.63) is 18.1 Å². The molecule has 0 atom stereocenters. The third kappa shape index (κ3) is 2.93. The van der Waals surface area contributed by atoms with Crippen molar-refractivity contribution in [2.24, 2.45) is 0 Å². The zero-order valence-corrected chi connectivity index (χ0v) is 10.7. The van der Waals surface area contributed by atoms with Gasteiger partial charge < -0.3 is 4.90 Å². The molecule has 0 bridgehead atoms. The number of aromatic nitrogens is 2. The van der Waals surface area contributed by atoms with Gasteiger partial charge in [0.1, 0.15) is 5.82 Å². The van der Waals surface area contributed by atoms with Crippen molar-refractivity contribution < 1.29 is 8.78 Å². The van der Waals surface area contributed by atoms with E-state index in [0.717, 1.165) is 26.2 Å². The molecule has 1 fully saturated rings. The lowest BCUT2D eigenvalue weighted by Crippen LogP contribution is -2.49. The van der Waals surface area contributed by atoms with Crippen molar-refractivity contribution in [1.29, 1.82) is 0 Å². The van der Waals surface area contributed by atoms with Crippen molar-refractivity contribution >= 4 is 5.82 Å². The molecule has 1 aliphatic heterocycles. The number of nitrogens with zero attached hydrogens (tertiary/aromatic N) is 4. The SMILES string of the molecule is CC(C)N1CCN(c2ccnc(C(F)F)n2)CC1. The zero-order valence-electron chi connectivity index (χ0n) is 10.7. The van der Waals surface area contributed by atoms with Crippen molar-refractivity contribution in [2.75, 3.05) is 31.1 Å². The zero-order chi connectivity index (χ0) is 13.1. The molecule has 1 aromatic heterocycles. The lowest BCUT2D eigenvalue weighted by molar-refractivity contribution is 0.140. The Kier molecular flexibility index (Phi) is 4.06. The molecule has 0 aliphatic carbocycles. The van der Waals surface area contributed by atoms with Gasteiger partial charge in [-0.25, -0.2) is 18.7 Å². The molecular weight excluding hydrogens is 238 g/mol. The van der Waals surface area contributed by atoms with Gasteiger partial charge in [0, 0.05) is 38.4 Å². The standard InChI is InChI=1S/C12H18F2N4/c1-9(2)17-5-7-18(8-6-17)10-3-4-15-12(16-10)11(13)14/h3-4,9,11H,5-8H2,1-2H3. The molecule has 1 saturated heterocycles. The van der Waals surface area contributed by atoms with Gasteiger partial charge in [-0.05, 0) is 19.9 Å². The Morgan fingerprint density at radius 1 is 1.17 bits per heavy atom. The maximum atomic E-state index is 12.5. The third-order valence-electron chi connectivity index (χ3n) is 3.22. The molecule has 0 unspecified atom stereocenters. The van der Waals surface area contributed by atoms with Gasteiger partial charge in [0.15, 0.2) is 5.82 Å². The largest absolute Gasteiger partial charge is 0.354 e. The normalized spacial score (nSPS) is 17.8. The third-order valence-corrected chi connectivity index (χ3v) is 3.22. The minimum Gasteiger partial charge on any atom is -0.354 e. The van der Waals surface area contributed by atoms with Crippen molar-refractivity contribution in [3.63, 3.8) is 0 Å². The molecule has 0 spiro atoms. The highest BCUT2D eigenvalue weighted by atomic mass is 19.3. The van der Waals surface area contributed by atoms with Crippen molar-refractivity contribution in [2.45, 2.75) is 26.3 Å². The number of alkyl halides is 2. The number of hydrogen-bond donors (Lipinski definition) is 0. The minimum atomic E-state index is -2.61. The Bertz CT molecular complexity index is 389. The Labute approximate surface area is 106 Å². The van der Waals surface area contributed by atoms with Gasteiger partial charge in [-0.3, -0.25) is 4.90 Å².